The Morgan fingerprint density at radius 1 is 1.35 bits per heavy atom. The lowest BCUT2D eigenvalue weighted by molar-refractivity contribution is 0.0648. The summed E-state index contributed by atoms with van der Waals surface area (Å²) in [5, 5.41) is 21.0. The molecule has 0 radical (unpaired) electrons. The van der Waals surface area contributed by atoms with Crippen LogP contribution >= 0.6 is 11.3 Å². The number of benzene rings is 1. The van der Waals surface area contributed by atoms with Gasteiger partial charge in [0.15, 0.2) is 0 Å². The van der Waals surface area contributed by atoms with Gasteiger partial charge in [0, 0.05) is 17.5 Å². The van der Waals surface area contributed by atoms with Crippen LogP contribution in [0.4, 0.5) is 4.39 Å². The average molecular weight is 296 g/mol. The van der Waals surface area contributed by atoms with Gasteiger partial charge in [0.1, 0.15) is 10.8 Å². The van der Waals surface area contributed by atoms with Crippen LogP contribution in [0.1, 0.15) is 5.01 Å². The fourth-order valence-electron chi connectivity index (χ4n) is 1.85. The summed E-state index contributed by atoms with van der Waals surface area (Å²) >= 11 is 1.52. The number of halogens is 1. The van der Waals surface area contributed by atoms with E-state index in [9.17, 15) is 9.50 Å². The molecule has 2 aromatic rings. The Balaban J connectivity index is 2.00. The van der Waals surface area contributed by atoms with Gasteiger partial charge in [-0.15, -0.1) is 11.3 Å². The van der Waals surface area contributed by atoms with Gasteiger partial charge in [-0.05, 0) is 31.3 Å². The molecule has 0 saturated carbocycles. The highest BCUT2D eigenvalue weighted by Gasteiger charge is 2.10. The van der Waals surface area contributed by atoms with Crippen LogP contribution in [-0.2, 0) is 6.54 Å². The van der Waals surface area contributed by atoms with E-state index in [2.05, 4.69) is 4.98 Å². The van der Waals surface area contributed by atoms with Crippen molar-refractivity contribution < 1.29 is 14.6 Å². The molecule has 2 N–H and O–H groups in total. The highest BCUT2D eigenvalue weighted by Crippen LogP contribution is 2.22. The molecule has 2 rings (SSSR count). The Kier molecular flexibility index (Phi) is 5.19. The van der Waals surface area contributed by atoms with E-state index in [0.29, 0.717) is 13.1 Å². The van der Waals surface area contributed by atoms with Gasteiger partial charge in [0.05, 0.1) is 24.9 Å². The number of rotatable bonds is 6. The normalized spacial score (nSPS) is 12.8. The highest BCUT2D eigenvalue weighted by atomic mass is 32.1. The maximum atomic E-state index is 12.9. The van der Waals surface area contributed by atoms with Gasteiger partial charge in [0.25, 0.3) is 0 Å². The van der Waals surface area contributed by atoms with E-state index in [4.69, 9.17) is 5.11 Å². The molecule has 1 atom stereocenters. The molecule has 1 unspecified atom stereocenters. The van der Waals surface area contributed by atoms with Gasteiger partial charge in [-0.3, -0.25) is 4.90 Å². The molecule has 0 amide bonds. The van der Waals surface area contributed by atoms with E-state index >= 15 is 0 Å². The molecule has 0 spiro atoms. The van der Waals surface area contributed by atoms with Gasteiger partial charge in [-0.1, -0.05) is 0 Å². The minimum absolute atomic E-state index is 0.247. The smallest absolute Gasteiger partial charge is 0.123 e. The van der Waals surface area contributed by atoms with Crippen molar-refractivity contribution >= 4 is 11.3 Å². The summed E-state index contributed by atoms with van der Waals surface area (Å²) in [6.07, 6.45) is -0.739. The van der Waals surface area contributed by atoms with Gasteiger partial charge in [0.2, 0.25) is 0 Å². The topological polar surface area (TPSA) is 56.6 Å². The number of aliphatic hydroxyl groups excluding tert-OH is 2. The van der Waals surface area contributed by atoms with Crippen molar-refractivity contribution in [3.63, 3.8) is 0 Å². The number of hydrogen-bond donors (Lipinski definition) is 2. The monoisotopic (exact) mass is 296 g/mol. The van der Waals surface area contributed by atoms with E-state index in [1.54, 1.807) is 12.1 Å². The number of thiazole rings is 1. The van der Waals surface area contributed by atoms with Crippen LogP contribution in [0.3, 0.4) is 0 Å². The maximum absolute atomic E-state index is 12.9. The third-order valence-electron chi connectivity index (χ3n) is 2.83. The molecule has 1 aromatic carbocycles. The van der Waals surface area contributed by atoms with Crippen molar-refractivity contribution in [3.05, 3.63) is 40.5 Å². The summed E-state index contributed by atoms with van der Waals surface area (Å²) in [7, 11) is 1.86. The standard InChI is InChI=1S/C14H17FN2O2S/c1-17(6-12(19)8-18)7-14-16-13(9-20-14)10-2-4-11(15)5-3-10/h2-5,9,12,18-19H,6-8H2,1H3. The van der Waals surface area contributed by atoms with Gasteiger partial charge < -0.3 is 10.2 Å². The number of nitrogens with zero attached hydrogens (tertiary/aromatic N) is 2. The first-order valence-electron chi connectivity index (χ1n) is 6.26. The predicted octanol–water partition coefficient (Wildman–Crippen LogP) is 1.73. The molecule has 0 aliphatic carbocycles. The third kappa shape index (κ3) is 4.08. The molecule has 20 heavy (non-hydrogen) atoms. The van der Waals surface area contributed by atoms with Crippen molar-refractivity contribution in [2.45, 2.75) is 12.6 Å². The van der Waals surface area contributed by atoms with Crippen molar-refractivity contribution in [2.75, 3.05) is 20.2 Å². The number of aliphatic hydroxyl groups is 2. The molecular formula is C14H17FN2O2S. The zero-order valence-corrected chi connectivity index (χ0v) is 12.0. The van der Waals surface area contributed by atoms with Crippen LogP contribution in [0.5, 0.6) is 0 Å². The predicted molar refractivity (Wildman–Crippen MR) is 76.9 cm³/mol. The summed E-state index contributed by atoms with van der Waals surface area (Å²) in [4.78, 5) is 6.39. The van der Waals surface area contributed by atoms with Crippen molar-refractivity contribution in [1.29, 1.82) is 0 Å². The van der Waals surface area contributed by atoms with E-state index in [0.717, 1.165) is 16.3 Å². The zero-order valence-electron chi connectivity index (χ0n) is 11.2. The van der Waals surface area contributed by atoms with E-state index < -0.39 is 6.10 Å². The maximum Gasteiger partial charge on any atom is 0.123 e. The Bertz CT molecular complexity index is 544. The lowest BCUT2D eigenvalue weighted by Gasteiger charge is -2.17. The molecule has 1 heterocycles. The fourth-order valence-corrected chi connectivity index (χ4v) is 2.73. The second kappa shape index (κ2) is 6.90. The van der Waals surface area contributed by atoms with Crippen LogP contribution < -0.4 is 0 Å². The number of likely N-dealkylation sites (N-methyl/N-ethyl adjacent to an activating group) is 1. The quantitative estimate of drug-likeness (QED) is 0.852. The second-order valence-electron chi connectivity index (χ2n) is 4.67. The van der Waals surface area contributed by atoms with E-state index in [-0.39, 0.29) is 12.4 Å². The number of hydrogen-bond acceptors (Lipinski definition) is 5. The Labute approximate surface area is 121 Å². The molecule has 0 aliphatic rings. The third-order valence-corrected chi connectivity index (χ3v) is 3.66. The molecule has 0 bridgehead atoms. The molecule has 0 fully saturated rings. The van der Waals surface area contributed by atoms with Gasteiger partial charge in [-0.2, -0.15) is 0 Å². The highest BCUT2D eigenvalue weighted by molar-refractivity contribution is 7.09. The van der Waals surface area contributed by atoms with Gasteiger partial charge in [-0.25, -0.2) is 9.37 Å². The first-order chi connectivity index (χ1) is 9.58. The van der Waals surface area contributed by atoms with Crippen LogP contribution in [0, 0.1) is 5.82 Å². The van der Waals surface area contributed by atoms with Crippen LogP contribution in [0.2, 0.25) is 0 Å². The van der Waals surface area contributed by atoms with Crippen LogP contribution in [0.15, 0.2) is 29.6 Å². The number of aromatic nitrogens is 1. The molecule has 6 heteroatoms. The van der Waals surface area contributed by atoms with E-state index in [1.165, 1.54) is 23.5 Å². The summed E-state index contributed by atoms with van der Waals surface area (Å²) < 4.78 is 12.9. The fraction of sp³-hybridized carbons (Fsp3) is 0.357. The lowest BCUT2D eigenvalue weighted by Crippen LogP contribution is -2.30. The van der Waals surface area contributed by atoms with Crippen molar-refractivity contribution in [3.8, 4) is 11.3 Å². The largest absolute Gasteiger partial charge is 0.394 e. The van der Waals surface area contributed by atoms with Crippen molar-refractivity contribution in [2.24, 2.45) is 0 Å². The Morgan fingerprint density at radius 3 is 2.70 bits per heavy atom. The molecule has 0 aliphatic heterocycles. The van der Waals surface area contributed by atoms with Crippen LogP contribution in [-0.4, -0.2) is 46.4 Å². The van der Waals surface area contributed by atoms with Gasteiger partial charge >= 0.3 is 0 Å². The molecule has 108 valence electrons. The first-order valence-corrected chi connectivity index (χ1v) is 7.14. The molecule has 1 aromatic heterocycles. The first kappa shape index (κ1) is 15.1. The average Bonchev–Trinajstić information content (AvgIpc) is 2.87. The van der Waals surface area contributed by atoms with E-state index in [1.807, 2.05) is 17.3 Å². The molecular weight excluding hydrogens is 279 g/mol. The summed E-state index contributed by atoms with van der Waals surface area (Å²) in [6.45, 7) is 0.744. The molecule has 4 nitrogen and oxygen atoms in total. The van der Waals surface area contributed by atoms with Crippen molar-refractivity contribution in [1.82, 2.24) is 9.88 Å². The van der Waals surface area contributed by atoms with Crippen LogP contribution in [0.25, 0.3) is 11.3 Å². The second-order valence-corrected chi connectivity index (χ2v) is 5.61. The Hall–Kier alpha value is -1.34. The molecule has 0 saturated heterocycles. The SMILES string of the molecule is CN(Cc1nc(-c2ccc(F)cc2)cs1)CC(O)CO. The summed E-state index contributed by atoms with van der Waals surface area (Å²) in [6, 6.07) is 6.23. The minimum Gasteiger partial charge on any atom is -0.394 e. The Morgan fingerprint density at radius 2 is 2.05 bits per heavy atom. The summed E-state index contributed by atoms with van der Waals surface area (Å²) in [5.74, 6) is -0.262. The lowest BCUT2D eigenvalue weighted by atomic mass is 10.2. The minimum atomic E-state index is -0.739. The summed E-state index contributed by atoms with van der Waals surface area (Å²) in [5.41, 5.74) is 1.70. The zero-order chi connectivity index (χ0) is 14.5.